The van der Waals surface area contributed by atoms with Gasteiger partial charge in [-0.1, -0.05) is 29.8 Å². The standard InChI is InChI=1S/C18H17BrClN3O/c1-18(2)17(24)23(3)13-9-8-12(21)15(19)14(13)16(22-18)10-6-4-5-7-11(10)20/h4-9H,21H2,1-3H3. The second kappa shape index (κ2) is 5.90. The molecule has 0 radical (unpaired) electrons. The van der Waals surface area contributed by atoms with Gasteiger partial charge in [0.25, 0.3) is 5.91 Å². The minimum atomic E-state index is -0.920. The number of nitrogen functional groups attached to an aromatic ring is 1. The maximum Gasteiger partial charge on any atom is 0.254 e. The monoisotopic (exact) mass is 405 g/mol. The van der Waals surface area contributed by atoms with Crippen LogP contribution in [0.1, 0.15) is 25.0 Å². The average molecular weight is 407 g/mol. The van der Waals surface area contributed by atoms with Crippen LogP contribution in [-0.2, 0) is 4.79 Å². The molecule has 2 aromatic carbocycles. The summed E-state index contributed by atoms with van der Waals surface area (Å²) >= 11 is 9.97. The zero-order valence-corrected chi connectivity index (χ0v) is 15.9. The lowest BCUT2D eigenvalue weighted by atomic mass is 9.99. The molecule has 1 heterocycles. The quantitative estimate of drug-likeness (QED) is 0.719. The van der Waals surface area contributed by atoms with E-state index in [2.05, 4.69) is 15.9 Å². The Morgan fingerprint density at radius 1 is 1.21 bits per heavy atom. The van der Waals surface area contributed by atoms with Gasteiger partial charge in [-0.15, -0.1) is 0 Å². The molecule has 2 aromatic rings. The summed E-state index contributed by atoms with van der Waals surface area (Å²) in [5.74, 6) is -0.0949. The highest BCUT2D eigenvalue weighted by Gasteiger charge is 2.37. The topological polar surface area (TPSA) is 58.7 Å². The zero-order chi connectivity index (χ0) is 17.6. The Bertz CT molecular complexity index is 877. The molecule has 0 aliphatic carbocycles. The summed E-state index contributed by atoms with van der Waals surface area (Å²) in [6.45, 7) is 3.59. The van der Waals surface area contributed by atoms with E-state index >= 15 is 0 Å². The van der Waals surface area contributed by atoms with Crippen molar-refractivity contribution in [1.29, 1.82) is 0 Å². The first-order valence-electron chi connectivity index (χ1n) is 7.45. The van der Waals surface area contributed by atoms with Crippen LogP contribution in [0, 0.1) is 0 Å². The Hall–Kier alpha value is -1.85. The molecular weight excluding hydrogens is 390 g/mol. The van der Waals surface area contributed by atoms with Gasteiger partial charge in [0.15, 0.2) is 0 Å². The maximum atomic E-state index is 12.8. The molecule has 0 saturated carbocycles. The predicted molar refractivity (Wildman–Crippen MR) is 103 cm³/mol. The van der Waals surface area contributed by atoms with Crippen molar-refractivity contribution >= 4 is 50.5 Å². The van der Waals surface area contributed by atoms with Crippen LogP contribution < -0.4 is 10.6 Å². The molecule has 0 aromatic heterocycles. The van der Waals surface area contributed by atoms with Crippen molar-refractivity contribution in [2.24, 2.45) is 4.99 Å². The van der Waals surface area contributed by atoms with Gasteiger partial charge in [0.2, 0.25) is 0 Å². The lowest BCUT2D eigenvalue weighted by Gasteiger charge is -2.24. The van der Waals surface area contributed by atoms with Crippen molar-refractivity contribution in [2.75, 3.05) is 17.7 Å². The fourth-order valence-corrected chi connectivity index (χ4v) is 3.59. The zero-order valence-electron chi connectivity index (χ0n) is 13.6. The number of hydrogen-bond donors (Lipinski definition) is 1. The molecule has 0 fully saturated rings. The van der Waals surface area contributed by atoms with Crippen molar-refractivity contribution in [3.05, 3.63) is 57.0 Å². The van der Waals surface area contributed by atoms with Gasteiger partial charge < -0.3 is 10.6 Å². The summed E-state index contributed by atoms with van der Waals surface area (Å²) in [6.07, 6.45) is 0. The highest BCUT2D eigenvalue weighted by Crippen LogP contribution is 2.39. The number of nitrogens with zero attached hydrogens (tertiary/aromatic N) is 2. The molecule has 3 rings (SSSR count). The summed E-state index contributed by atoms with van der Waals surface area (Å²) in [4.78, 5) is 19.2. The molecule has 6 heteroatoms. The Balaban J connectivity index is 2.42. The van der Waals surface area contributed by atoms with Crippen molar-refractivity contribution in [3.8, 4) is 0 Å². The van der Waals surface area contributed by atoms with Crippen molar-refractivity contribution in [1.82, 2.24) is 0 Å². The number of rotatable bonds is 1. The molecule has 0 unspecified atom stereocenters. The fourth-order valence-electron chi connectivity index (χ4n) is 2.84. The second-order valence-electron chi connectivity index (χ2n) is 6.23. The minimum absolute atomic E-state index is 0.0949. The van der Waals surface area contributed by atoms with Gasteiger partial charge in [-0.2, -0.15) is 0 Å². The summed E-state index contributed by atoms with van der Waals surface area (Å²) in [5, 5.41) is 0.573. The number of anilines is 2. The second-order valence-corrected chi connectivity index (χ2v) is 7.43. The van der Waals surface area contributed by atoms with Crippen LogP contribution in [0.4, 0.5) is 11.4 Å². The van der Waals surface area contributed by atoms with Crippen molar-refractivity contribution in [3.63, 3.8) is 0 Å². The summed E-state index contributed by atoms with van der Waals surface area (Å²) < 4.78 is 0.705. The number of aliphatic imine (C=N–C) groups is 1. The Kier molecular flexibility index (Phi) is 4.18. The predicted octanol–water partition coefficient (Wildman–Crippen LogP) is 4.28. The normalized spacial score (nSPS) is 16.5. The largest absolute Gasteiger partial charge is 0.398 e. The SMILES string of the molecule is CN1C(=O)C(C)(C)N=C(c2ccccc2Cl)c2c1ccc(N)c2Br. The Morgan fingerprint density at radius 2 is 1.88 bits per heavy atom. The molecule has 1 aliphatic rings. The molecule has 1 amide bonds. The number of carbonyl (C=O) groups excluding carboxylic acids is 1. The maximum absolute atomic E-state index is 12.8. The first-order valence-corrected chi connectivity index (χ1v) is 8.62. The van der Waals surface area contributed by atoms with E-state index in [0.717, 1.165) is 16.8 Å². The third-order valence-corrected chi connectivity index (χ3v) is 5.28. The van der Waals surface area contributed by atoms with E-state index < -0.39 is 5.54 Å². The van der Waals surface area contributed by atoms with Gasteiger partial charge >= 0.3 is 0 Å². The van der Waals surface area contributed by atoms with Crippen LogP contribution in [0.25, 0.3) is 0 Å². The van der Waals surface area contributed by atoms with Crippen molar-refractivity contribution in [2.45, 2.75) is 19.4 Å². The van der Waals surface area contributed by atoms with Crippen LogP contribution in [0.15, 0.2) is 45.9 Å². The van der Waals surface area contributed by atoms with E-state index in [1.165, 1.54) is 0 Å². The van der Waals surface area contributed by atoms with Gasteiger partial charge in [0, 0.05) is 28.9 Å². The van der Waals surface area contributed by atoms with Gasteiger partial charge in [0.1, 0.15) is 5.54 Å². The summed E-state index contributed by atoms with van der Waals surface area (Å²) in [5.41, 5.74) is 8.67. The lowest BCUT2D eigenvalue weighted by Crippen LogP contribution is -2.41. The number of benzodiazepines with no additional fused rings is 1. The van der Waals surface area contributed by atoms with Crippen LogP contribution in [0.3, 0.4) is 0 Å². The highest BCUT2D eigenvalue weighted by atomic mass is 79.9. The van der Waals surface area contributed by atoms with E-state index in [1.807, 2.05) is 30.3 Å². The fraction of sp³-hybridized carbons (Fsp3) is 0.222. The molecular formula is C18H17BrClN3O. The molecule has 0 atom stereocenters. The third-order valence-electron chi connectivity index (χ3n) is 4.10. The van der Waals surface area contributed by atoms with E-state index in [9.17, 15) is 4.79 Å². The van der Waals surface area contributed by atoms with E-state index in [0.29, 0.717) is 20.9 Å². The van der Waals surface area contributed by atoms with Crippen LogP contribution in [0.2, 0.25) is 5.02 Å². The van der Waals surface area contributed by atoms with Crippen LogP contribution >= 0.6 is 27.5 Å². The summed E-state index contributed by atoms with van der Waals surface area (Å²) in [6, 6.07) is 11.1. The summed E-state index contributed by atoms with van der Waals surface area (Å²) in [7, 11) is 1.75. The van der Waals surface area contributed by atoms with Crippen LogP contribution in [0.5, 0.6) is 0 Å². The molecule has 0 saturated heterocycles. The van der Waals surface area contributed by atoms with Gasteiger partial charge in [-0.05, 0) is 48.0 Å². The first-order chi connectivity index (χ1) is 11.2. The smallest absolute Gasteiger partial charge is 0.254 e. The number of likely N-dealkylation sites (N-methyl/N-ethyl adjacent to an activating group) is 1. The number of benzene rings is 2. The average Bonchev–Trinajstić information content (AvgIpc) is 2.61. The number of halogens is 2. The lowest BCUT2D eigenvalue weighted by molar-refractivity contribution is -0.122. The van der Waals surface area contributed by atoms with Gasteiger partial charge in [-0.3, -0.25) is 9.79 Å². The van der Waals surface area contributed by atoms with E-state index in [4.69, 9.17) is 22.3 Å². The Morgan fingerprint density at radius 3 is 2.54 bits per heavy atom. The molecule has 2 N–H and O–H groups in total. The van der Waals surface area contributed by atoms with Crippen LogP contribution in [-0.4, -0.2) is 24.2 Å². The highest BCUT2D eigenvalue weighted by molar-refractivity contribution is 9.10. The molecule has 0 spiro atoms. The molecule has 0 bridgehead atoms. The molecule has 4 nitrogen and oxygen atoms in total. The number of amides is 1. The Labute approximate surface area is 154 Å². The number of nitrogens with two attached hydrogens (primary N) is 1. The molecule has 1 aliphatic heterocycles. The van der Waals surface area contributed by atoms with Crippen molar-refractivity contribution < 1.29 is 4.79 Å². The number of fused-ring (bicyclic) bond motifs is 1. The van der Waals surface area contributed by atoms with E-state index in [1.54, 1.807) is 31.9 Å². The molecule has 124 valence electrons. The third kappa shape index (κ3) is 2.62. The van der Waals surface area contributed by atoms with Gasteiger partial charge in [-0.25, -0.2) is 0 Å². The number of carbonyl (C=O) groups is 1. The molecule has 24 heavy (non-hydrogen) atoms. The van der Waals surface area contributed by atoms with Gasteiger partial charge in [0.05, 0.1) is 15.9 Å². The van der Waals surface area contributed by atoms with E-state index in [-0.39, 0.29) is 5.91 Å². The minimum Gasteiger partial charge on any atom is -0.398 e. The first kappa shape index (κ1) is 17.0. The number of hydrogen-bond acceptors (Lipinski definition) is 3.